The molecule has 1 aromatic carbocycles. The third-order valence-electron chi connectivity index (χ3n) is 3.29. The molecule has 2 aromatic rings. The highest BCUT2D eigenvalue weighted by Crippen LogP contribution is 2.32. The average Bonchev–Trinajstić information content (AvgIpc) is 2.84. The van der Waals surface area contributed by atoms with Crippen molar-refractivity contribution in [3.63, 3.8) is 0 Å². The molecule has 0 fully saturated rings. The number of aromatic nitrogens is 2. The minimum atomic E-state index is -4.43. The highest BCUT2D eigenvalue weighted by atomic mass is 19.4. The van der Waals surface area contributed by atoms with Crippen molar-refractivity contribution >= 4 is 0 Å². The fourth-order valence-electron chi connectivity index (χ4n) is 2.26. The SMILES string of the molecule is CC(C)n1cc(C(F)(F)F)nc1-c1ccc(CN(C)C)cc1. The van der Waals surface area contributed by atoms with E-state index < -0.39 is 11.9 Å². The molecule has 0 spiro atoms. The first-order valence-corrected chi connectivity index (χ1v) is 7.08. The summed E-state index contributed by atoms with van der Waals surface area (Å²) in [5, 5.41) is 0. The third-order valence-corrected chi connectivity index (χ3v) is 3.29. The van der Waals surface area contributed by atoms with Gasteiger partial charge in [-0.25, -0.2) is 4.98 Å². The van der Waals surface area contributed by atoms with E-state index in [9.17, 15) is 13.2 Å². The predicted octanol–water partition coefficient (Wildman–Crippen LogP) is 4.21. The Labute approximate surface area is 128 Å². The van der Waals surface area contributed by atoms with Gasteiger partial charge in [0.15, 0.2) is 5.69 Å². The van der Waals surface area contributed by atoms with Crippen molar-refractivity contribution in [1.29, 1.82) is 0 Å². The quantitative estimate of drug-likeness (QED) is 0.843. The Balaban J connectivity index is 2.40. The van der Waals surface area contributed by atoms with Gasteiger partial charge in [-0.05, 0) is 33.5 Å². The van der Waals surface area contributed by atoms with Crippen LogP contribution in [0.25, 0.3) is 11.4 Å². The van der Waals surface area contributed by atoms with Crippen molar-refractivity contribution in [2.75, 3.05) is 14.1 Å². The molecule has 0 aliphatic rings. The highest BCUT2D eigenvalue weighted by Gasteiger charge is 2.35. The van der Waals surface area contributed by atoms with Gasteiger partial charge in [-0.15, -0.1) is 0 Å². The molecule has 0 amide bonds. The first kappa shape index (κ1) is 16.5. The molecule has 3 nitrogen and oxygen atoms in total. The summed E-state index contributed by atoms with van der Waals surface area (Å²) in [7, 11) is 3.93. The molecular weight excluding hydrogens is 291 g/mol. The van der Waals surface area contributed by atoms with E-state index in [4.69, 9.17) is 0 Å². The van der Waals surface area contributed by atoms with Gasteiger partial charge in [-0.3, -0.25) is 0 Å². The van der Waals surface area contributed by atoms with Crippen LogP contribution in [0.3, 0.4) is 0 Å². The van der Waals surface area contributed by atoms with Crippen LogP contribution in [0.15, 0.2) is 30.5 Å². The Morgan fingerprint density at radius 1 is 1.14 bits per heavy atom. The number of halogens is 3. The van der Waals surface area contributed by atoms with Gasteiger partial charge in [-0.1, -0.05) is 24.3 Å². The Kier molecular flexibility index (Phi) is 4.60. The van der Waals surface area contributed by atoms with Gasteiger partial charge < -0.3 is 9.47 Å². The van der Waals surface area contributed by atoms with E-state index in [0.717, 1.165) is 18.3 Å². The number of hydrogen-bond donors (Lipinski definition) is 0. The lowest BCUT2D eigenvalue weighted by molar-refractivity contribution is -0.140. The fraction of sp³-hybridized carbons (Fsp3) is 0.438. The number of benzene rings is 1. The van der Waals surface area contributed by atoms with E-state index >= 15 is 0 Å². The van der Waals surface area contributed by atoms with Crippen LogP contribution in [0, 0.1) is 0 Å². The number of imidazole rings is 1. The number of hydrogen-bond acceptors (Lipinski definition) is 2. The van der Waals surface area contributed by atoms with Gasteiger partial charge in [0.1, 0.15) is 5.82 Å². The standard InChI is InChI=1S/C16H20F3N3/c1-11(2)22-10-14(16(17,18)19)20-15(22)13-7-5-12(6-8-13)9-21(3)4/h5-8,10-11H,9H2,1-4H3. The molecule has 0 saturated carbocycles. The summed E-state index contributed by atoms with van der Waals surface area (Å²) in [4.78, 5) is 5.82. The molecule has 0 unspecified atom stereocenters. The van der Waals surface area contributed by atoms with Crippen LogP contribution >= 0.6 is 0 Å². The van der Waals surface area contributed by atoms with E-state index in [1.54, 1.807) is 4.57 Å². The summed E-state index contributed by atoms with van der Waals surface area (Å²) in [6, 6.07) is 7.38. The van der Waals surface area contributed by atoms with E-state index in [0.29, 0.717) is 11.4 Å². The smallest absolute Gasteiger partial charge is 0.328 e. The lowest BCUT2D eigenvalue weighted by Gasteiger charge is -2.13. The summed E-state index contributed by atoms with van der Waals surface area (Å²) >= 11 is 0. The number of alkyl halides is 3. The van der Waals surface area contributed by atoms with Crippen molar-refractivity contribution < 1.29 is 13.2 Å². The summed E-state index contributed by atoms with van der Waals surface area (Å²) in [6.07, 6.45) is -3.35. The molecule has 0 bridgehead atoms. The van der Waals surface area contributed by atoms with Crippen LogP contribution in [0.1, 0.15) is 31.1 Å². The van der Waals surface area contributed by atoms with Gasteiger partial charge in [0.25, 0.3) is 0 Å². The molecule has 2 rings (SSSR count). The number of nitrogens with zero attached hydrogens (tertiary/aromatic N) is 3. The van der Waals surface area contributed by atoms with Crippen LogP contribution in [0.2, 0.25) is 0 Å². The zero-order valence-electron chi connectivity index (χ0n) is 13.1. The van der Waals surface area contributed by atoms with Crippen LogP contribution in [-0.4, -0.2) is 28.5 Å². The molecule has 22 heavy (non-hydrogen) atoms. The molecule has 0 radical (unpaired) electrons. The van der Waals surface area contributed by atoms with Gasteiger partial charge >= 0.3 is 6.18 Å². The van der Waals surface area contributed by atoms with E-state index in [1.165, 1.54) is 0 Å². The van der Waals surface area contributed by atoms with Crippen molar-refractivity contribution in [3.05, 3.63) is 41.7 Å². The Morgan fingerprint density at radius 3 is 2.18 bits per heavy atom. The lowest BCUT2D eigenvalue weighted by Crippen LogP contribution is -2.10. The maximum absolute atomic E-state index is 12.9. The minimum Gasteiger partial charge on any atom is -0.328 e. The first-order valence-electron chi connectivity index (χ1n) is 7.08. The maximum Gasteiger partial charge on any atom is 0.434 e. The number of rotatable bonds is 4. The zero-order chi connectivity index (χ0) is 16.5. The zero-order valence-corrected chi connectivity index (χ0v) is 13.1. The van der Waals surface area contributed by atoms with Crippen molar-refractivity contribution in [1.82, 2.24) is 14.5 Å². The fourth-order valence-corrected chi connectivity index (χ4v) is 2.26. The van der Waals surface area contributed by atoms with E-state index in [2.05, 4.69) is 4.98 Å². The second-order valence-electron chi connectivity index (χ2n) is 5.88. The molecule has 0 aliphatic carbocycles. The van der Waals surface area contributed by atoms with Crippen LogP contribution < -0.4 is 0 Å². The normalized spacial score (nSPS) is 12.4. The minimum absolute atomic E-state index is 0.0972. The second-order valence-corrected chi connectivity index (χ2v) is 5.88. The topological polar surface area (TPSA) is 21.1 Å². The molecule has 0 saturated heterocycles. The highest BCUT2D eigenvalue weighted by molar-refractivity contribution is 5.57. The monoisotopic (exact) mass is 311 g/mol. The molecule has 1 aromatic heterocycles. The van der Waals surface area contributed by atoms with Crippen molar-refractivity contribution in [2.45, 2.75) is 32.6 Å². The van der Waals surface area contributed by atoms with Gasteiger partial charge in [0.05, 0.1) is 0 Å². The van der Waals surface area contributed by atoms with E-state index in [1.807, 2.05) is 57.1 Å². The summed E-state index contributed by atoms with van der Waals surface area (Å²) in [5.74, 6) is 0.346. The average molecular weight is 311 g/mol. The lowest BCUT2D eigenvalue weighted by atomic mass is 10.1. The van der Waals surface area contributed by atoms with Crippen LogP contribution in [0.4, 0.5) is 13.2 Å². The molecule has 0 N–H and O–H groups in total. The Morgan fingerprint density at radius 2 is 1.73 bits per heavy atom. The Bertz CT molecular complexity index is 625. The van der Waals surface area contributed by atoms with Crippen molar-refractivity contribution in [2.24, 2.45) is 0 Å². The molecule has 0 atom stereocenters. The predicted molar refractivity (Wildman–Crippen MR) is 80.4 cm³/mol. The van der Waals surface area contributed by atoms with Crippen LogP contribution in [-0.2, 0) is 12.7 Å². The third kappa shape index (κ3) is 3.68. The first-order chi connectivity index (χ1) is 10.2. The van der Waals surface area contributed by atoms with E-state index in [-0.39, 0.29) is 6.04 Å². The van der Waals surface area contributed by atoms with Gasteiger partial charge in [-0.2, -0.15) is 13.2 Å². The maximum atomic E-state index is 12.9. The van der Waals surface area contributed by atoms with Gasteiger partial charge in [0.2, 0.25) is 0 Å². The molecule has 6 heteroatoms. The largest absolute Gasteiger partial charge is 0.434 e. The van der Waals surface area contributed by atoms with Gasteiger partial charge in [0, 0.05) is 24.3 Å². The molecule has 0 aliphatic heterocycles. The second kappa shape index (κ2) is 6.12. The summed E-state index contributed by atoms with van der Waals surface area (Å²) in [6.45, 7) is 4.46. The molecule has 1 heterocycles. The summed E-state index contributed by atoms with van der Waals surface area (Å²) in [5.41, 5.74) is 0.938. The van der Waals surface area contributed by atoms with Crippen molar-refractivity contribution in [3.8, 4) is 11.4 Å². The Hall–Kier alpha value is -1.82. The summed E-state index contributed by atoms with van der Waals surface area (Å²) < 4.78 is 40.2. The molecular formula is C16H20F3N3. The van der Waals surface area contributed by atoms with Crippen LogP contribution in [0.5, 0.6) is 0 Å². The molecule has 120 valence electrons.